The van der Waals surface area contributed by atoms with Crippen LogP contribution in [0.5, 0.6) is 0 Å². The van der Waals surface area contributed by atoms with Gasteiger partial charge in [0.2, 0.25) is 0 Å². The van der Waals surface area contributed by atoms with Crippen LogP contribution in [-0.2, 0) is 16.0 Å². The third-order valence-corrected chi connectivity index (χ3v) is 5.08. The normalized spacial score (nSPS) is 18.9. The summed E-state index contributed by atoms with van der Waals surface area (Å²) >= 11 is 5.99. The maximum Gasteiger partial charge on any atom is 0.295 e. The number of hydrogen-bond acceptors (Lipinski definition) is 3. The van der Waals surface area contributed by atoms with E-state index in [9.17, 15) is 14.7 Å². The van der Waals surface area contributed by atoms with E-state index < -0.39 is 17.7 Å². The second-order valence-electron chi connectivity index (χ2n) is 6.59. The van der Waals surface area contributed by atoms with Crippen LogP contribution >= 0.6 is 11.6 Å². The summed E-state index contributed by atoms with van der Waals surface area (Å²) in [5.41, 5.74) is 2.53. The zero-order valence-corrected chi connectivity index (χ0v) is 16.2. The van der Waals surface area contributed by atoms with Crippen LogP contribution in [0.4, 0.5) is 0 Å². The van der Waals surface area contributed by atoms with Crippen LogP contribution in [0, 0.1) is 0 Å². The molecule has 2 aromatic rings. The number of aliphatic hydroxyl groups is 1. The average Bonchev–Trinajstić information content (AvgIpc) is 2.93. The van der Waals surface area contributed by atoms with E-state index in [1.807, 2.05) is 26.0 Å². The Morgan fingerprint density at radius 3 is 2.22 bits per heavy atom. The second kappa shape index (κ2) is 7.97. The van der Waals surface area contributed by atoms with Gasteiger partial charge in [0.1, 0.15) is 5.76 Å². The van der Waals surface area contributed by atoms with E-state index in [-0.39, 0.29) is 11.3 Å². The van der Waals surface area contributed by atoms with Gasteiger partial charge in [0, 0.05) is 17.1 Å². The van der Waals surface area contributed by atoms with Crippen LogP contribution in [0.1, 0.15) is 43.0 Å². The van der Waals surface area contributed by atoms with Crippen molar-refractivity contribution in [3.8, 4) is 0 Å². The third-order valence-electron chi connectivity index (χ3n) is 4.83. The fourth-order valence-corrected chi connectivity index (χ4v) is 3.52. The summed E-state index contributed by atoms with van der Waals surface area (Å²) in [4.78, 5) is 26.9. The molecule has 4 nitrogen and oxygen atoms in total. The predicted octanol–water partition coefficient (Wildman–Crippen LogP) is 4.73. The largest absolute Gasteiger partial charge is 0.507 e. The minimum absolute atomic E-state index is 0.125. The van der Waals surface area contributed by atoms with Crippen molar-refractivity contribution in [2.75, 3.05) is 6.54 Å². The molecule has 0 radical (unpaired) electrons. The van der Waals surface area contributed by atoms with Crippen molar-refractivity contribution in [2.24, 2.45) is 0 Å². The van der Waals surface area contributed by atoms with Crippen molar-refractivity contribution in [2.45, 2.75) is 32.7 Å². The third kappa shape index (κ3) is 3.62. The Morgan fingerprint density at radius 1 is 1.04 bits per heavy atom. The molecule has 0 aromatic heterocycles. The van der Waals surface area contributed by atoms with Crippen LogP contribution in [0.15, 0.2) is 54.1 Å². The Kier molecular flexibility index (Phi) is 5.66. The molecule has 1 aliphatic rings. The molecule has 0 aliphatic carbocycles. The Balaban J connectivity index is 2.14. The molecule has 1 unspecified atom stereocenters. The maximum atomic E-state index is 12.7. The molecule has 5 heteroatoms. The summed E-state index contributed by atoms with van der Waals surface area (Å²) in [6, 6.07) is 13.8. The molecule has 3 rings (SSSR count). The van der Waals surface area contributed by atoms with Crippen LogP contribution < -0.4 is 0 Å². The lowest BCUT2D eigenvalue weighted by Crippen LogP contribution is -2.30. The topological polar surface area (TPSA) is 57.6 Å². The van der Waals surface area contributed by atoms with Gasteiger partial charge in [-0.25, -0.2) is 0 Å². The Labute approximate surface area is 164 Å². The molecule has 0 saturated carbocycles. The number of likely N-dealkylation sites (tertiary alicyclic amines) is 1. The molecule has 0 bridgehead atoms. The minimum Gasteiger partial charge on any atom is -0.507 e. The number of halogens is 1. The van der Waals surface area contributed by atoms with E-state index in [0.717, 1.165) is 17.5 Å². The van der Waals surface area contributed by atoms with Crippen LogP contribution in [0.2, 0.25) is 5.02 Å². The molecule has 1 N–H and O–H groups in total. The van der Waals surface area contributed by atoms with Gasteiger partial charge in [-0.05, 0) is 36.1 Å². The lowest BCUT2D eigenvalue weighted by atomic mass is 9.95. The lowest BCUT2D eigenvalue weighted by Gasteiger charge is -2.24. The van der Waals surface area contributed by atoms with Crippen LogP contribution in [0.3, 0.4) is 0 Å². The van der Waals surface area contributed by atoms with Gasteiger partial charge in [-0.15, -0.1) is 0 Å². The van der Waals surface area contributed by atoms with Gasteiger partial charge >= 0.3 is 0 Å². The van der Waals surface area contributed by atoms with Gasteiger partial charge in [0.25, 0.3) is 11.7 Å². The first-order chi connectivity index (χ1) is 13.0. The quantitative estimate of drug-likeness (QED) is 0.461. The highest BCUT2D eigenvalue weighted by Gasteiger charge is 2.45. The van der Waals surface area contributed by atoms with Crippen molar-refractivity contribution in [1.82, 2.24) is 4.90 Å². The number of nitrogens with zero attached hydrogens (tertiary/aromatic N) is 1. The summed E-state index contributed by atoms with van der Waals surface area (Å²) in [7, 11) is 0. The van der Waals surface area contributed by atoms with Crippen molar-refractivity contribution in [3.63, 3.8) is 0 Å². The summed E-state index contributed by atoms with van der Waals surface area (Å²) < 4.78 is 0. The number of aryl methyl sites for hydroxylation is 1. The highest BCUT2D eigenvalue weighted by molar-refractivity contribution is 6.46. The van der Waals surface area contributed by atoms with Gasteiger partial charge in [-0.2, -0.15) is 0 Å². The van der Waals surface area contributed by atoms with Gasteiger partial charge in [-0.1, -0.05) is 61.8 Å². The van der Waals surface area contributed by atoms with E-state index in [0.29, 0.717) is 23.6 Å². The number of hydrogen-bond donors (Lipinski definition) is 1. The maximum absolute atomic E-state index is 12.7. The minimum atomic E-state index is -0.652. The smallest absolute Gasteiger partial charge is 0.295 e. The SMILES string of the molecule is CCCN1C(=O)C(=O)/C(=C(\O)c2ccc(CC)cc2)C1c1ccc(Cl)cc1. The first kappa shape index (κ1) is 19.2. The van der Waals surface area contributed by atoms with Crippen molar-refractivity contribution < 1.29 is 14.7 Å². The van der Waals surface area contributed by atoms with Gasteiger partial charge in [0.15, 0.2) is 0 Å². The molecule has 1 atom stereocenters. The molecular weight excluding hydrogens is 362 g/mol. The van der Waals surface area contributed by atoms with Crippen LogP contribution in [0.25, 0.3) is 5.76 Å². The zero-order valence-electron chi connectivity index (χ0n) is 15.4. The first-order valence-corrected chi connectivity index (χ1v) is 9.48. The highest BCUT2D eigenvalue weighted by Crippen LogP contribution is 2.39. The number of carbonyl (C=O) groups excluding carboxylic acids is 2. The van der Waals surface area contributed by atoms with E-state index in [2.05, 4.69) is 0 Å². The molecule has 27 heavy (non-hydrogen) atoms. The lowest BCUT2D eigenvalue weighted by molar-refractivity contribution is -0.139. The molecule has 1 fully saturated rings. The first-order valence-electron chi connectivity index (χ1n) is 9.11. The summed E-state index contributed by atoms with van der Waals surface area (Å²) in [6.45, 7) is 4.43. The highest BCUT2D eigenvalue weighted by atomic mass is 35.5. The Hall–Kier alpha value is -2.59. The number of benzene rings is 2. The Morgan fingerprint density at radius 2 is 1.67 bits per heavy atom. The number of ketones is 1. The van der Waals surface area contributed by atoms with Gasteiger partial charge in [-0.3, -0.25) is 9.59 Å². The van der Waals surface area contributed by atoms with E-state index >= 15 is 0 Å². The second-order valence-corrected chi connectivity index (χ2v) is 7.03. The number of amides is 1. The van der Waals surface area contributed by atoms with E-state index in [1.165, 1.54) is 4.90 Å². The fourth-order valence-electron chi connectivity index (χ4n) is 3.40. The predicted molar refractivity (Wildman–Crippen MR) is 107 cm³/mol. The van der Waals surface area contributed by atoms with Gasteiger partial charge in [0.05, 0.1) is 11.6 Å². The molecule has 2 aromatic carbocycles. The molecule has 140 valence electrons. The Bertz CT molecular complexity index is 885. The van der Waals surface area contributed by atoms with E-state index in [4.69, 9.17) is 11.6 Å². The molecule has 1 heterocycles. The summed E-state index contributed by atoms with van der Waals surface area (Å²) in [6.07, 6.45) is 1.59. The number of aliphatic hydroxyl groups excluding tert-OH is 1. The van der Waals surface area contributed by atoms with Gasteiger partial charge < -0.3 is 10.0 Å². The molecule has 0 spiro atoms. The van der Waals surface area contributed by atoms with E-state index in [1.54, 1.807) is 36.4 Å². The number of carbonyl (C=O) groups is 2. The fraction of sp³-hybridized carbons (Fsp3) is 0.273. The zero-order chi connectivity index (χ0) is 19.6. The molecule has 1 saturated heterocycles. The summed E-state index contributed by atoms with van der Waals surface area (Å²) in [5.74, 6) is -1.38. The number of rotatable bonds is 5. The monoisotopic (exact) mass is 383 g/mol. The van der Waals surface area contributed by atoms with Crippen molar-refractivity contribution >= 4 is 29.1 Å². The number of Topliss-reactive ketones (excluding diaryl/α,β-unsaturated/α-hetero) is 1. The molecule has 1 aliphatic heterocycles. The standard InChI is InChI=1S/C22H22ClNO3/c1-3-13-24-19(15-9-11-17(23)12-10-15)18(21(26)22(24)27)20(25)16-7-5-14(4-2)6-8-16/h5-12,19,25H,3-4,13H2,1-2H3/b20-18-. The van der Waals surface area contributed by atoms with Crippen molar-refractivity contribution in [3.05, 3.63) is 75.8 Å². The van der Waals surface area contributed by atoms with Crippen molar-refractivity contribution in [1.29, 1.82) is 0 Å². The molecule has 1 amide bonds. The summed E-state index contributed by atoms with van der Waals surface area (Å²) in [5, 5.41) is 11.5. The van der Waals surface area contributed by atoms with Crippen LogP contribution in [-0.4, -0.2) is 28.2 Å². The average molecular weight is 384 g/mol. The molecular formula is C22H22ClNO3.